The maximum absolute atomic E-state index is 12.2. The monoisotopic (exact) mass is 299 g/mol. The molecule has 1 aliphatic carbocycles. The molecule has 0 aromatic carbocycles. The van der Waals surface area contributed by atoms with Crippen molar-refractivity contribution >= 4 is 30.7 Å². The molecule has 4 nitrogen and oxygen atoms in total. The highest BCUT2D eigenvalue weighted by atomic mass is 35.5. The molecular weight excluding hydrogens is 273 g/mol. The molecule has 0 saturated heterocycles. The van der Waals surface area contributed by atoms with Crippen LogP contribution in [0.1, 0.15) is 39.5 Å². The molecule has 1 atom stereocenters. The predicted molar refractivity (Wildman–Crippen MR) is 80.3 cm³/mol. The Hall–Kier alpha value is -0.0300. The standard InChI is InChI=1S/C12H25N3O.2ClH/c1-3-12(4-2,8-14)11(16)15-10(7-13)9-5-6-9;;/h9-10H,3-8,13-14H2,1-2H3,(H,15,16);2*1H. The van der Waals surface area contributed by atoms with E-state index < -0.39 is 5.41 Å². The van der Waals surface area contributed by atoms with E-state index in [1.54, 1.807) is 0 Å². The summed E-state index contributed by atoms with van der Waals surface area (Å²) in [5, 5.41) is 3.08. The first kappa shape index (κ1) is 20.3. The third-order valence-electron chi connectivity index (χ3n) is 3.99. The van der Waals surface area contributed by atoms with E-state index in [0.717, 1.165) is 12.8 Å². The lowest BCUT2D eigenvalue weighted by Crippen LogP contribution is -2.51. The van der Waals surface area contributed by atoms with Gasteiger partial charge in [0.25, 0.3) is 0 Å². The molecule has 5 N–H and O–H groups in total. The molecule has 0 aromatic heterocycles. The summed E-state index contributed by atoms with van der Waals surface area (Å²) in [6, 6.07) is 0.150. The fourth-order valence-corrected chi connectivity index (χ4v) is 2.14. The number of hydrogen-bond acceptors (Lipinski definition) is 3. The lowest BCUT2D eigenvalue weighted by molar-refractivity contribution is -0.131. The van der Waals surface area contributed by atoms with E-state index in [1.165, 1.54) is 12.8 Å². The first-order valence-electron chi connectivity index (χ1n) is 6.34. The summed E-state index contributed by atoms with van der Waals surface area (Å²) in [5.41, 5.74) is 11.0. The predicted octanol–water partition coefficient (Wildman–Crippen LogP) is 1.45. The molecule has 1 aliphatic rings. The first-order chi connectivity index (χ1) is 7.63. The van der Waals surface area contributed by atoms with E-state index in [1.807, 2.05) is 13.8 Å². The lowest BCUT2D eigenvalue weighted by Gasteiger charge is -2.31. The van der Waals surface area contributed by atoms with Crippen molar-refractivity contribution in [3.63, 3.8) is 0 Å². The number of halogens is 2. The normalized spacial score (nSPS) is 16.2. The molecule has 1 unspecified atom stereocenters. The van der Waals surface area contributed by atoms with Crippen LogP contribution in [0, 0.1) is 11.3 Å². The number of nitrogens with one attached hydrogen (secondary N) is 1. The van der Waals surface area contributed by atoms with Gasteiger partial charge in [-0.2, -0.15) is 0 Å². The van der Waals surface area contributed by atoms with Crippen LogP contribution in [0.15, 0.2) is 0 Å². The summed E-state index contributed by atoms with van der Waals surface area (Å²) in [5.74, 6) is 0.681. The van der Waals surface area contributed by atoms with Gasteiger partial charge in [-0.1, -0.05) is 13.8 Å². The van der Waals surface area contributed by atoms with E-state index in [0.29, 0.717) is 19.0 Å². The average Bonchev–Trinajstić information content (AvgIpc) is 3.13. The summed E-state index contributed by atoms with van der Waals surface area (Å²) in [6.45, 7) is 4.98. The molecule has 1 fully saturated rings. The minimum absolute atomic E-state index is 0. The maximum atomic E-state index is 12.2. The molecule has 0 aliphatic heterocycles. The molecule has 1 rings (SSSR count). The van der Waals surface area contributed by atoms with E-state index >= 15 is 0 Å². The van der Waals surface area contributed by atoms with Gasteiger partial charge < -0.3 is 16.8 Å². The molecule has 1 saturated carbocycles. The van der Waals surface area contributed by atoms with Gasteiger partial charge in [0.05, 0.1) is 5.41 Å². The fraction of sp³-hybridized carbons (Fsp3) is 0.917. The first-order valence-corrected chi connectivity index (χ1v) is 6.34. The van der Waals surface area contributed by atoms with Gasteiger partial charge in [-0.25, -0.2) is 0 Å². The summed E-state index contributed by atoms with van der Waals surface area (Å²) in [6.07, 6.45) is 3.95. The Balaban J connectivity index is 0. The van der Waals surface area contributed by atoms with Crippen LogP contribution in [0.5, 0.6) is 0 Å². The number of hydrogen-bond donors (Lipinski definition) is 3. The minimum Gasteiger partial charge on any atom is -0.351 e. The Labute approximate surface area is 122 Å². The number of nitrogens with two attached hydrogens (primary N) is 2. The molecular formula is C12H27Cl2N3O. The minimum atomic E-state index is -0.400. The van der Waals surface area contributed by atoms with Crippen molar-refractivity contribution < 1.29 is 4.79 Å². The van der Waals surface area contributed by atoms with Crippen molar-refractivity contribution in [2.24, 2.45) is 22.8 Å². The van der Waals surface area contributed by atoms with E-state index in [-0.39, 0.29) is 36.8 Å². The van der Waals surface area contributed by atoms with E-state index in [2.05, 4.69) is 5.32 Å². The van der Waals surface area contributed by atoms with Gasteiger partial charge in [0, 0.05) is 19.1 Å². The van der Waals surface area contributed by atoms with Gasteiger partial charge in [-0.05, 0) is 31.6 Å². The van der Waals surface area contributed by atoms with Crippen molar-refractivity contribution in [3.8, 4) is 0 Å². The number of amides is 1. The van der Waals surface area contributed by atoms with Gasteiger partial charge in [0.1, 0.15) is 0 Å². The topological polar surface area (TPSA) is 81.1 Å². The molecule has 110 valence electrons. The second-order valence-electron chi connectivity index (χ2n) is 4.84. The summed E-state index contributed by atoms with van der Waals surface area (Å²) in [4.78, 5) is 12.2. The number of carbonyl (C=O) groups excluding carboxylic acids is 1. The molecule has 0 aromatic rings. The van der Waals surface area contributed by atoms with Gasteiger partial charge in [-0.15, -0.1) is 24.8 Å². The summed E-state index contributed by atoms with van der Waals surface area (Å²) < 4.78 is 0. The Morgan fingerprint density at radius 1 is 1.28 bits per heavy atom. The average molecular weight is 300 g/mol. The van der Waals surface area contributed by atoms with Crippen molar-refractivity contribution in [1.29, 1.82) is 0 Å². The van der Waals surface area contributed by atoms with Crippen LogP contribution in [-0.4, -0.2) is 25.0 Å². The molecule has 18 heavy (non-hydrogen) atoms. The zero-order valence-corrected chi connectivity index (χ0v) is 12.9. The quantitative estimate of drug-likeness (QED) is 0.665. The highest BCUT2D eigenvalue weighted by Gasteiger charge is 2.37. The number of carbonyl (C=O) groups is 1. The van der Waals surface area contributed by atoms with Crippen LogP contribution in [0.2, 0.25) is 0 Å². The smallest absolute Gasteiger partial charge is 0.227 e. The zero-order chi connectivity index (χ0) is 12.2. The Morgan fingerprint density at radius 2 is 1.78 bits per heavy atom. The summed E-state index contributed by atoms with van der Waals surface area (Å²) >= 11 is 0. The molecule has 0 spiro atoms. The fourth-order valence-electron chi connectivity index (χ4n) is 2.14. The molecule has 6 heteroatoms. The van der Waals surface area contributed by atoms with Crippen molar-refractivity contribution in [1.82, 2.24) is 5.32 Å². The third kappa shape index (κ3) is 4.57. The molecule has 0 bridgehead atoms. The van der Waals surface area contributed by atoms with Crippen molar-refractivity contribution in [2.45, 2.75) is 45.6 Å². The maximum Gasteiger partial charge on any atom is 0.227 e. The van der Waals surface area contributed by atoms with Crippen molar-refractivity contribution in [2.75, 3.05) is 13.1 Å². The van der Waals surface area contributed by atoms with Crippen LogP contribution in [0.25, 0.3) is 0 Å². The van der Waals surface area contributed by atoms with Gasteiger partial charge in [0.2, 0.25) is 5.91 Å². The Kier molecular flexibility index (Phi) is 10.1. The van der Waals surface area contributed by atoms with Crippen LogP contribution < -0.4 is 16.8 Å². The van der Waals surface area contributed by atoms with Crippen molar-refractivity contribution in [3.05, 3.63) is 0 Å². The SMILES string of the molecule is CCC(CC)(CN)C(=O)NC(CN)C1CC1.Cl.Cl. The second kappa shape index (κ2) is 8.97. The zero-order valence-electron chi connectivity index (χ0n) is 11.3. The Bertz CT molecular complexity index is 235. The van der Waals surface area contributed by atoms with Crippen LogP contribution in [-0.2, 0) is 4.79 Å². The van der Waals surface area contributed by atoms with Crippen LogP contribution in [0.3, 0.4) is 0 Å². The molecule has 0 heterocycles. The molecule has 0 radical (unpaired) electrons. The summed E-state index contributed by atoms with van der Waals surface area (Å²) in [7, 11) is 0. The van der Waals surface area contributed by atoms with Gasteiger partial charge in [-0.3, -0.25) is 4.79 Å². The second-order valence-corrected chi connectivity index (χ2v) is 4.84. The Morgan fingerprint density at radius 3 is 2.06 bits per heavy atom. The third-order valence-corrected chi connectivity index (χ3v) is 3.99. The highest BCUT2D eigenvalue weighted by Crippen LogP contribution is 2.33. The van der Waals surface area contributed by atoms with E-state index in [4.69, 9.17) is 11.5 Å². The van der Waals surface area contributed by atoms with Crippen LogP contribution in [0.4, 0.5) is 0 Å². The van der Waals surface area contributed by atoms with E-state index in [9.17, 15) is 4.79 Å². The van der Waals surface area contributed by atoms with Gasteiger partial charge >= 0.3 is 0 Å². The van der Waals surface area contributed by atoms with Gasteiger partial charge in [0.15, 0.2) is 0 Å². The largest absolute Gasteiger partial charge is 0.351 e. The van der Waals surface area contributed by atoms with Crippen LogP contribution >= 0.6 is 24.8 Å². The number of rotatable bonds is 7. The highest BCUT2D eigenvalue weighted by molar-refractivity contribution is 5.85. The molecule has 1 amide bonds. The lowest BCUT2D eigenvalue weighted by atomic mass is 9.81.